The number of anilines is 5. The number of hydrogen-bond acceptors (Lipinski definition) is 27. The number of nitrogens with zero attached hydrogens (tertiary/aromatic N) is 6. The number of amides is 5. The molecule has 0 saturated heterocycles. The number of aromatic nitrogens is 5. The number of aryl methyl sites for hydroxylation is 1. The number of nitro benzene ring substituents is 1. The van der Waals surface area contributed by atoms with Gasteiger partial charge >= 0.3 is 0 Å². The van der Waals surface area contributed by atoms with Crippen molar-refractivity contribution in [3.8, 4) is 28.7 Å². The largest absolute Gasteiger partial charge is 0.487 e. The standard InChI is InChI=1S/C20H19N3O4S.3C19H16ClN3O4S.C19H16N4O6S/c1-14-5-7-19(8-6-14)28(25,26)23-17-4-2-3-15(9-17)13-27-18-10-16(20(21)24)11-22-12-18;20-15-4-2-6-18(9-15)28(25,26)23-16-5-1-3-13(7-16)12-27-17-8-14(19(21)24)10-22-11-17;20-17-6-1-2-7-18(17)28(25,26)23-15-5-3-4-13(8-15)12-27-16-9-14(19(21)24)10-22-11-16;20-15-4-6-18(7-5-15)28(25,26)23-16-3-1-2-13(8-16)12-27-17-9-14(19(21)24)10-22-11-17;20-19(24)14-8-17(11-21-10-14)29-12-13-3-1-4-15(7-13)22-30(27,28)18-6-2-5-16(9-18)23(25)26/h2-12,23H,13H2,1H3,(H2,21,24);3*1-11,23H,12H2,(H2,21,24);1-11,22H,12H2,(H2,20,24). The Kier molecular flexibility index (Phi) is 36.5. The Hall–Kier alpha value is -16.7. The minimum atomic E-state index is -4.02. The van der Waals surface area contributed by atoms with E-state index in [1.54, 1.807) is 164 Å². The van der Waals surface area contributed by atoms with Crippen LogP contribution in [-0.2, 0) is 83.2 Å². The quantitative estimate of drug-likeness (QED) is 0.0129. The fourth-order valence-electron chi connectivity index (χ4n) is 12.1. The second-order valence-electron chi connectivity index (χ2n) is 29.7. The van der Waals surface area contributed by atoms with Gasteiger partial charge in [0.25, 0.3) is 55.8 Å². The monoisotopic (exact) mass is 2080 g/mol. The minimum Gasteiger partial charge on any atom is -0.487 e. The lowest BCUT2D eigenvalue weighted by atomic mass is 10.2. The van der Waals surface area contributed by atoms with Gasteiger partial charge in [-0.15, -0.1) is 0 Å². The molecule has 730 valence electrons. The number of primary amides is 5. The van der Waals surface area contributed by atoms with Crippen LogP contribution in [0.4, 0.5) is 34.1 Å². The van der Waals surface area contributed by atoms with E-state index >= 15 is 0 Å². The summed E-state index contributed by atoms with van der Waals surface area (Å²) in [6, 6.07) is 70.4. The van der Waals surface area contributed by atoms with Gasteiger partial charge in [0.15, 0.2) is 0 Å². The van der Waals surface area contributed by atoms with E-state index < -0.39 is 84.6 Å². The van der Waals surface area contributed by atoms with Gasteiger partial charge in [-0.25, -0.2) is 42.1 Å². The van der Waals surface area contributed by atoms with Crippen LogP contribution in [0.15, 0.2) is 359 Å². The van der Waals surface area contributed by atoms with Crippen molar-refractivity contribution in [3.05, 3.63) is 421 Å². The van der Waals surface area contributed by atoms with Crippen LogP contribution in [-0.4, -0.2) is 101 Å². The molecule has 0 aliphatic carbocycles. The summed E-state index contributed by atoms with van der Waals surface area (Å²) in [6.45, 7) is 2.59. The maximum absolute atomic E-state index is 12.6. The molecule has 0 radical (unpaired) electrons. The Morgan fingerprint density at radius 1 is 0.296 bits per heavy atom. The highest BCUT2D eigenvalue weighted by atomic mass is 35.5. The van der Waals surface area contributed by atoms with Crippen LogP contribution in [0, 0.1) is 17.0 Å². The average Bonchev–Trinajstić information content (AvgIpc) is 0.831. The van der Waals surface area contributed by atoms with Crippen molar-refractivity contribution >= 4 is 149 Å². The van der Waals surface area contributed by atoms with Crippen molar-refractivity contribution in [3.63, 3.8) is 0 Å². The number of hydrogen-bond donors (Lipinski definition) is 10. The van der Waals surface area contributed by atoms with Crippen LogP contribution in [0.1, 0.15) is 85.2 Å². The van der Waals surface area contributed by atoms with Gasteiger partial charge in [-0.05, 0) is 199 Å². The first-order chi connectivity index (χ1) is 67.6. The number of carbonyl (C=O) groups excluding carboxylic acids is 5. The Balaban J connectivity index is 0.000000170. The van der Waals surface area contributed by atoms with E-state index in [1.165, 1.54) is 165 Å². The lowest BCUT2D eigenvalue weighted by molar-refractivity contribution is -0.385. The Bertz CT molecular complexity index is 7570. The molecule has 15 aromatic rings. The zero-order valence-corrected chi connectivity index (χ0v) is 80.4. The van der Waals surface area contributed by atoms with E-state index in [1.807, 2.05) is 6.92 Å². The first kappa shape index (κ1) is 106. The number of ether oxygens (including phenoxy) is 5. The van der Waals surface area contributed by atoms with Crippen molar-refractivity contribution < 1.29 is 94.7 Å². The van der Waals surface area contributed by atoms with E-state index in [-0.39, 0.29) is 102 Å². The summed E-state index contributed by atoms with van der Waals surface area (Å²) in [5.41, 5.74) is 33.2. The van der Waals surface area contributed by atoms with Crippen molar-refractivity contribution in [2.75, 3.05) is 23.6 Å². The van der Waals surface area contributed by atoms with Gasteiger partial charge < -0.3 is 52.4 Å². The molecule has 46 heteroatoms. The molecule has 0 aliphatic heterocycles. The molecule has 15 rings (SSSR count). The van der Waals surface area contributed by atoms with Crippen LogP contribution in [0.3, 0.4) is 0 Å². The van der Waals surface area contributed by atoms with Crippen molar-refractivity contribution in [2.24, 2.45) is 28.7 Å². The third kappa shape index (κ3) is 32.5. The molecule has 0 bridgehead atoms. The van der Waals surface area contributed by atoms with Gasteiger partial charge in [-0.3, -0.25) is 82.6 Å². The van der Waals surface area contributed by atoms with Crippen LogP contribution in [0.5, 0.6) is 28.7 Å². The first-order valence-corrected chi connectivity index (χ1v) is 49.7. The number of carbonyl (C=O) groups is 5. The molecule has 15 N–H and O–H groups in total. The number of sulfonamides is 5. The van der Waals surface area contributed by atoms with Gasteiger partial charge in [0, 0.05) is 81.6 Å². The Morgan fingerprint density at radius 3 is 0.852 bits per heavy atom. The molecule has 0 fully saturated rings. The van der Waals surface area contributed by atoms with Gasteiger partial charge in [-0.2, -0.15) is 0 Å². The van der Waals surface area contributed by atoms with Crippen LogP contribution in [0.2, 0.25) is 15.1 Å². The molecule has 0 unspecified atom stereocenters. The number of nitrogens with one attached hydrogen (secondary N) is 5. The van der Waals surface area contributed by atoms with Gasteiger partial charge in [-0.1, -0.05) is 137 Å². The Labute approximate surface area is 829 Å². The smallest absolute Gasteiger partial charge is 0.270 e. The maximum Gasteiger partial charge on any atom is 0.270 e. The molecule has 0 aliphatic rings. The van der Waals surface area contributed by atoms with Gasteiger partial charge in [0.2, 0.25) is 29.5 Å². The van der Waals surface area contributed by atoms with Crippen LogP contribution >= 0.6 is 34.8 Å². The summed E-state index contributed by atoms with van der Waals surface area (Å²) >= 11 is 17.6. The number of pyridine rings is 5. The molecule has 10 aromatic carbocycles. The molecule has 142 heavy (non-hydrogen) atoms. The second kappa shape index (κ2) is 49.1. The number of nitro groups is 1. The minimum absolute atomic E-state index is 0.00680. The van der Waals surface area contributed by atoms with Crippen molar-refractivity contribution in [1.29, 1.82) is 0 Å². The summed E-state index contributed by atoms with van der Waals surface area (Å²) < 4.78 is 166. The number of non-ortho nitro benzene ring substituents is 1. The maximum atomic E-state index is 12.6. The number of halogens is 3. The van der Waals surface area contributed by atoms with Crippen molar-refractivity contribution in [2.45, 2.75) is 64.4 Å². The molecule has 5 amide bonds. The molecular formula is C96H83Cl3N16O22S5. The third-order valence-corrected chi connectivity index (χ3v) is 26.9. The summed E-state index contributed by atoms with van der Waals surface area (Å²) in [5, 5.41) is 11.8. The SMILES string of the molecule is Cc1ccc(S(=O)(=O)Nc2cccc(COc3cncc(C(N)=O)c3)c2)cc1.NC(=O)c1cncc(OCc2cccc(NS(=O)(=O)c3ccc(Cl)cc3)c2)c1.NC(=O)c1cncc(OCc2cccc(NS(=O)(=O)c3cccc(Cl)c3)c2)c1.NC(=O)c1cncc(OCc2cccc(NS(=O)(=O)c3cccc([N+](=O)[O-])c3)c2)c1.NC(=O)c1cncc(OCc2cccc(NS(=O)(=O)c3ccccc3Cl)c2)c1. The topological polar surface area (TPSA) is 600 Å². The van der Waals surface area contributed by atoms with E-state index in [4.69, 9.17) is 87.2 Å². The highest BCUT2D eigenvalue weighted by Gasteiger charge is 2.23. The lowest BCUT2D eigenvalue weighted by Gasteiger charge is -2.11. The first-order valence-electron chi connectivity index (χ1n) is 41.1. The van der Waals surface area contributed by atoms with Gasteiger partial charge in [0.1, 0.15) is 66.7 Å². The van der Waals surface area contributed by atoms with E-state index in [0.29, 0.717) is 72.7 Å². The summed E-state index contributed by atoms with van der Waals surface area (Å²) in [4.78, 5) is 85.8. The lowest BCUT2D eigenvalue weighted by Crippen LogP contribution is -2.13. The predicted octanol–water partition coefficient (Wildman–Crippen LogP) is 15.0. The van der Waals surface area contributed by atoms with Gasteiger partial charge in [0.05, 0.1) is 88.3 Å². The number of rotatable bonds is 36. The van der Waals surface area contributed by atoms with Crippen molar-refractivity contribution in [1.82, 2.24) is 24.9 Å². The summed E-state index contributed by atoms with van der Waals surface area (Å²) in [5.74, 6) is -1.18. The average molecular weight is 2080 g/mol. The molecule has 5 heterocycles. The molecule has 38 nitrogen and oxygen atoms in total. The molecule has 5 aromatic heterocycles. The normalized spacial score (nSPS) is 11.0. The molecule has 0 saturated carbocycles. The third-order valence-electron chi connectivity index (χ3n) is 18.9. The number of benzene rings is 10. The second-order valence-corrected chi connectivity index (χ2v) is 39.4. The fourth-order valence-corrected chi connectivity index (χ4v) is 18.3. The molecular weight excluding hydrogens is 2000 g/mol. The molecule has 0 atom stereocenters. The zero-order chi connectivity index (χ0) is 102. The van der Waals surface area contributed by atoms with Crippen LogP contribution in [0.25, 0.3) is 0 Å². The number of nitrogens with two attached hydrogens (primary N) is 5. The van der Waals surface area contributed by atoms with E-state index in [2.05, 4.69) is 48.5 Å². The van der Waals surface area contributed by atoms with E-state index in [0.717, 1.165) is 28.3 Å². The zero-order valence-electron chi connectivity index (χ0n) is 74.0. The summed E-state index contributed by atoms with van der Waals surface area (Å²) in [6.07, 6.45) is 14.0. The fraction of sp³-hybridized carbons (Fsp3) is 0.0625. The van der Waals surface area contributed by atoms with Crippen LogP contribution < -0.4 is 76.0 Å². The Morgan fingerprint density at radius 2 is 0.563 bits per heavy atom. The highest BCUT2D eigenvalue weighted by Crippen LogP contribution is 2.30. The highest BCUT2D eigenvalue weighted by molar-refractivity contribution is 7.94. The predicted molar refractivity (Wildman–Crippen MR) is 530 cm³/mol. The molecule has 0 spiro atoms. The van der Waals surface area contributed by atoms with E-state index in [9.17, 15) is 76.2 Å². The summed E-state index contributed by atoms with van der Waals surface area (Å²) in [7, 11) is -19.0.